The van der Waals surface area contributed by atoms with Gasteiger partial charge in [-0.1, -0.05) is 23.7 Å². The van der Waals surface area contributed by atoms with Gasteiger partial charge in [0.15, 0.2) is 0 Å². The molecule has 1 aromatic carbocycles. The van der Waals surface area contributed by atoms with Crippen LogP contribution in [-0.4, -0.2) is 16.8 Å². The van der Waals surface area contributed by atoms with Crippen LogP contribution in [0.25, 0.3) is 0 Å². The maximum Gasteiger partial charge on any atom is 0.265 e. The van der Waals surface area contributed by atoms with Crippen molar-refractivity contribution in [1.82, 2.24) is 4.98 Å². The molecule has 0 fully saturated rings. The number of rotatable bonds is 4. The smallest absolute Gasteiger partial charge is 0.265 e. The Morgan fingerprint density at radius 2 is 1.88 bits per heavy atom. The van der Waals surface area contributed by atoms with Crippen molar-refractivity contribution in [2.75, 3.05) is 10.6 Å². The van der Waals surface area contributed by atoms with Crippen molar-refractivity contribution >= 4 is 46.3 Å². The van der Waals surface area contributed by atoms with Crippen LogP contribution in [0.5, 0.6) is 0 Å². The zero-order valence-corrected chi connectivity index (χ0v) is 14.8. The molecule has 25 heavy (non-hydrogen) atoms. The number of aryl methyl sites for hydroxylation is 1. The number of nitrogens with zero attached hydrogens (tertiary/aromatic N) is 1. The number of carbonyl (C=O) groups excluding carboxylic acids is 2. The third-order valence-electron chi connectivity index (χ3n) is 3.35. The van der Waals surface area contributed by atoms with E-state index in [1.165, 1.54) is 11.3 Å². The Morgan fingerprint density at radius 1 is 1.04 bits per heavy atom. The van der Waals surface area contributed by atoms with Crippen molar-refractivity contribution in [3.8, 4) is 0 Å². The molecule has 0 radical (unpaired) electrons. The molecule has 0 spiro atoms. The van der Waals surface area contributed by atoms with Gasteiger partial charge in [0.25, 0.3) is 11.8 Å². The van der Waals surface area contributed by atoms with E-state index in [0.29, 0.717) is 27.0 Å². The molecule has 2 amide bonds. The second kappa shape index (κ2) is 7.46. The molecule has 5 nitrogen and oxygen atoms in total. The third kappa shape index (κ3) is 4.23. The van der Waals surface area contributed by atoms with Crippen LogP contribution in [0.4, 0.5) is 11.5 Å². The molecule has 0 saturated heterocycles. The van der Waals surface area contributed by atoms with Gasteiger partial charge in [0, 0.05) is 11.3 Å². The molecule has 3 rings (SSSR count). The van der Waals surface area contributed by atoms with Crippen LogP contribution in [-0.2, 0) is 0 Å². The van der Waals surface area contributed by atoms with E-state index in [0.717, 1.165) is 5.69 Å². The Labute approximate surface area is 153 Å². The fourth-order valence-electron chi connectivity index (χ4n) is 2.16. The Bertz CT molecular complexity index is 926. The summed E-state index contributed by atoms with van der Waals surface area (Å²) in [6.45, 7) is 1.84. The van der Waals surface area contributed by atoms with E-state index < -0.39 is 0 Å². The summed E-state index contributed by atoms with van der Waals surface area (Å²) in [4.78, 5) is 29.4. The SMILES string of the molecule is Cc1cccc(NC(=O)c2ccc(Cl)c(NC(=O)c3cccs3)c2)n1. The minimum atomic E-state index is -0.332. The van der Waals surface area contributed by atoms with Gasteiger partial charge in [0.1, 0.15) is 5.82 Å². The van der Waals surface area contributed by atoms with E-state index in [1.807, 2.05) is 24.4 Å². The molecule has 0 bridgehead atoms. The number of halogens is 1. The number of aromatic nitrogens is 1. The normalized spacial score (nSPS) is 10.3. The van der Waals surface area contributed by atoms with E-state index in [9.17, 15) is 9.59 Å². The monoisotopic (exact) mass is 371 g/mol. The van der Waals surface area contributed by atoms with Crippen molar-refractivity contribution in [3.63, 3.8) is 0 Å². The highest BCUT2D eigenvalue weighted by Gasteiger charge is 2.13. The number of pyridine rings is 1. The molecule has 0 aliphatic heterocycles. The quantitative estimate of drug-likeness (QED) is 0.703. The van der Waals surface area contributed by atoms with E-state index in [2.05, 4.69) is 15.6 Å². The van der Waals surface area contributed by atoms with Crippen LogP contribution < -0.4 is 10.6 Å². The average Bonchev–Trinajstić information content (AvgIpc) is 3.11. The summed E-state index contributed by atoms with van der Waals surface area (Å²) in [5.41, 5.74) is 1.55. The lowest BCUT2D eigenvalue weighted by molar-refractivity contribution is 0.101. The standard InChI is InChI=1S/C18H14ClN3O2S/c1-11-4-2-6-16(20-11)22-17(23)12-7-8-13(19)14(10-12)21-18(24)15-5-3-9-25-15/h2-10H,1H3,(H,21,24)(H,20,22,23). The van der Waals surface area contributed by atoms with Crippen LogP contribution in [0, 0.1) is 6.92 Å². The molecule has 3 aromatic rings. The van der Waals surface area contributed by atoms with Gasteiger partial charge in [-0.25, -0.2) is 4.98 Å². The van der Waals surface area contributed by atoms with E-state index in [4.69, 9.17) is 11.6 Å². The maximum absolute atomic E-state index is 12.4. The van der Waals surface area contributed by atoms with Crippen LogP contribution in [0.2, 0.25) is 5.02 Å². The number of anilines is 2. The topological polar surface area (TPSA) is 71.1 Å². The van der Waals surface area contributed by atoms with Crippen molar-refractivity contribution in [3.05, 3.63) is 75.1 Å². The summed E-state index contributed by atoms with van der Waals surface area (Å²) >= 11 is 7.46. The molecule has 0 aliphatic carbocycles. The molecule has 0 unspecified atom stereocenters. The molecule has 0 aliphatic rings. The fraction of sp³-hybridized carbons (Fsp3) is 0.0556. The molecular formula is C18H14ClN3O2S. The summed E-state index contributed by atoms with van der Waals surface area (Å²) in [5.74, 6) is -0.139. The highest BCUT2D eigenvalue weighted by molar-refractivity contribution is 7.12. The Morgan fingerprint density at radius 3 is 2.60 bits per heavy atom. The zero-order chi connectivity index (χ0) is 17.8. The second-order valence-electron chi connectivity index (χ2n) is 5.24. The fourth-order valence-corrected chi connectivity index (χ4v) is 2.94. The van der Waals surface area contributed by atoms with Gasteiger partial charge >= 0.3 is 0 Å². The number of thiophene rings is 1. The van der Waals surface area contributed by atoms with Crippen LogP contribution in [0.15, 0.2) is 53.9 Å². The lowest BCUT2D eigenvalue weighted by Gasteiger charge is -2.09. The number of hydrogen-bond donors (Lipinski definition) is 2. The van der Waals surface area contributed by atoms with Gasteiger partial charge in [-0.2, -0.15) is 0 Å². The number of carbonyl (C=O) groups is 2. The number of nitrogens with one attached hydrogen (secondary N) is 2. The molecule has 2 N–H and O–H groups in total. The summed E-state index contributed by atoms with van der Waals surface area (Å²) < 4.78 is 0. The molecule has 2 aromatic heterocycles. The molecule has 126 valence electrons. The third-order valence-corrected chi connectivity index (χ3v) is 4.55. The number of amides is 2. The first-order valence-corrected chi connectivity index (χ1v) is 8.68. The Balaban J connectivity index is 1.78. The summed E-state index contributed by atoms with van der Waals surface area (Å²) in [5, 5.41) is 7.62. The predicted octanol–water partition coefficient (Wildman–Crippen LogP) is 4.61. The molecule has 0 saturated carbocycles. The summed E-state index contributed by atoms with van der Waals surface area (Å²) in [6, 6.07) is 13.6. The van der Waals surface area contributed by atoms with E-state index in [-0.39, 0.29) is 11.8 Å². The Kier molecular flexibility index (Phi) is 5.11. The maximum atomic E-state index is 12.4. The number of benzene rings is 1. The molecule has 7 heteroatoms. The summed E-state index contributed by atoms with van der Waals surface area (Å²) in [7, 11) is 0. The van der Waals surface area contributed by atoms with Crippen molar-refractivity contribution in [1.29, 1.82) is 0 Å². The number of hydrogen-bond acceptors (Lipinski definition) is 4. The van der Waals surface area contributed by atoms with Crippen molar-refractivity contribution in [2.24, 2.45) is 0 Å². The Hall–Kier alpha value is -2.70. The van der Waals surface area contributed by atoms with Gasteiger partial charge in [-0.15, -0.1) is 11.3 Å². The van der Waals surface area contributed by atoms with Crippen molar-refractivity contribution < 1.29 is 9.59 Å². The van der Waals surface area contributed by atoms with Gasteiger partial charge < -0.3 is 10.6 Å². The zero-order valence-electron chi connectivity index (χ0n) is 13.2. The van der Waals surface area contributed by atoms with Crippen LogP contribution >= 0.6 is 22.9 Å². The average molecular weight is 372 g/mol. The van der Waals surface area contributed by atoms with Gasteiger partial charge in [0.2, 0.25) is 0 Å². The van der Waals surface area contributed by atoms with E-state index >= 15 is 0 Å². The minimum absolute atomic E-state index is 0.269. The van der Waals surface area contributed by atoms with Gasteiger partial charge in [-0.05, 0) is 48.7 Å². The van der Waals surface area contributed by atoms with E-state index in [1.54, 1.807) is 36.4 Å². The minimum Gasteiger partial charge on any atom is -0.320 e. The second-order valence-corrected chi connectivity index (χ2v) is 6.60. The molecule has 0 atom stereocenters. The van der Waals surface area contributed by atoms with Crippen molar-refractivity contribution in [2.45, 2.75) is 6.92 Å². The highest BCUT2D eigenvalue weighted by atomic mass is 35.5. The van der Waals surface area contributed by atoms with Gasteiger partial charge in [-0.3, -0.25) is 9.59 Å². The lowest BCUT2D eigenvalue weighted by Crippen LogP contribution is -2.15. The lowest BCUT2D eigenvalue weighted by atomic mass is 10.2. The molecular weight excluding hydrogens is 358 g/mol. The first kappa shape index (κ1) is 17.1. The molecule has 2 heterocycles. The first-order valence-electron chi connectivity index (χ1n) is 7.42. The van der Waals surface area contributed by atoms with Crippen LogP contribution in [0.1, 0.15) is 25.7 Å². The van der Waals surface area contributed by atoms with Crippen LogP contribution in [0.3, 0.4) is 0 Å². The van der Waals surface area contributed by atoms with Gasteiger partial charge in [0.05, 0.1) is 15.6 Å². The largest absolute Gasteiger partial charge is 0.320 e. The summed E-state index contributed by atoms with van der Waals surface area (Å²) in [6.07, 6.45) is 0. The predicted molar refractivity (Wildman–Crippen MR) is 101 cm³/mol. The highest BCUT2D eigenvalue weighted by Crippen LogP contribution is 2.25. The first-order chi connectivity index (χ1) is 12.0.